The quantitative estimate of drug-likeness (QED) is 0.263. The van der Waals surface area contributed by atoms with Crippen LogP contribution in [0.5, 0.6) is 0 Å². The molecule has 0 saturated carbocycles. The van der Waals surface area contributed by atoms with E-state index in [4.69, 9.17) is 14.2 Å². The minimum absolute atomic E-state index is 0.0432. The standard InChI is InChI=1S/C31H39N3O7/c1-20(2)16-24(33-29(37)40-19-21-12-8-7-9-13-21)27(35)32-25(28(36)39-6)17-22-18-34(30(38)41-31(3,4)5)26-15-11-10-14-23(22)26/h7-15,18,20,24-25H,16-17,19H2,1-6H3,(H,32,35)(H,33,37)/t24-,25?/m1/s1. The van der Waals surface area contributed by atoms with Gasteiger partial charge in [-0.25, -0.2) is 14.4 Å². The number of nitrogens with zero attached hydrogens (tertiary/aromatic N) is 1. The van der Waals surface area contributed by atoms with Gasteiger partial charge in [0.25, 0.3) is 0 Å². The summed E-state index contributed by atoms with van der Waals surface area (Å²) in [7, 11) is 1.23. The van der Waals surface area contributed by atoms with E-state index in [1.54, 1.807) is 39.1 Å². The number of rotatable bonds is 10. The van der Waals surface area contributed by atoms with Crippen molar-refractivity contribution >= 4 is 35.0 Å². The second-order valence-corrected chi connectivity index (χ2v) is 11.2. The van der Waals surface area contributed by atoms with Crippen molar-refractivity contribution in [2.45, 2.75) is 71.8 Å². The summed E-state index contributed by atoms with van der Waals surface area (Å²) in [5, 5.41) is 6.08. The Hall–Kier alpha value is -4.34. The summed E-state index contributed by atoms with van der Waals surface area (Å²) in [6.07, 6.45) is 0.657. The van der Waals surface area contributed by atoms with Crippen LogP contribution >= 0.6 is 0 Å². The van der Waals surface area contributed by atoms with Crippen LogP contribution in [0.2, 0.25) is 0 Å². The van der Waals surface area contributed by atoms with Gasteiger partial charge in [-0.15, -0.1) is 0 Å². The van der Waals surface area contributed by atoms with Crippen LogP contribution in [0.3, 0.4) is 0 Å². The van der Waals surface area contributed by atoms with Crippen molar-refractivity contribution in [2.24, 2.45) is 5.92 Å². The van der Waals surface area contributed by atoms with Crippen LogP contribution in [0.4, 0.5) is 9.59 Å². The lowest BCUT2D eigenvalue weighted by atomic mass is 10.0. The van der Waals surface area contributed by atoms with Crippen molar-refractivity contribution in [3.8, 4) is 0 Å². The zero-order valence-corrected chi connectivity index (χ0v) is 24.4. The second-order valence-electron chi connectivity index (χ2n) is 11.2. The van der Waals surface area contributed by atoms with Gasteiger partial charge in [0.05, 0.1) is 12.6 Å². The van der Waals surface area contributed by atoms with Crippen LogP contribution in [-0.4, -0.2) is 53.4 Å². The first-order chi connectivity index (χ1) is 19.4. The largest absolute Gasteiger partial charge is 0.467 e. The normalized spacial score (nSPS) is 12.9. The Morgan fingerprint density at radius 1 is 0.902 bits per heavy atom. The number of carbonyl (C=O) groups is 4. The molecular weight excluding hydrogens is 526 g/mol. The number of benzene rings is 2. The number of fused-ring (bicyclic) bond motifs is 1. The highest BCUT2D eigenvalue weighted by atomic mass is 16.6. The maximum absolute atomic E-state index is 13.4. The maximum atomic E-state index is 13.4. The molecule has 2 aromatic carbocycles. The minimum Gasteiger partial charge on any atom is -0.467 e. The Bertz CT molecular complexity index is 1360. The van der Waals surface area contributed by atoms with Crippen molar-refractivity contribution in [3.05, 3.63) is 71.9 Å². The molecule has 2 atom stereocenters. The first-order valence-corrected chi connectivity index (χ1v) is 13.6. The first-order valence-electron chi connectivity index (χ1n) is 13.6. The maximum Gasteiger partial charge on any atom is 0.419 e. The lowest BCUT2D eigenvalue weighted by molar-refractivity contribution is -0.145. The predicted molar refractivity (Wildman–Crippen MR) is 154 cm³/mol. The van der Waals surface area contributed by atoms with E-state index in [-0.39, 0.29) is 18.9 Å². The Balaban J connectivity index is 1.79. The zero-order valence-electron chi connectivity index (χ0n) is 24.4. The lowest BCUT2D eigenvalue weighted by Crippen LogP contribution is -2.53. The number of methoxy groups -OCH3 is 1. The van der Waals surface area contributed by atoms with Crippen LogP contribution in [0.1, 0.15) is 52.2 Å². The zero-order chi connectivity index (χ0) is 30.2. The topological polar surface area (TPSA) is 125 Å². The number of amides is 2. The molecule has 0 aliphatic carbocycles. The molecule has 2 amide bonds. The molecule has 0 fully saturated rings. The Kier molecular flexibility index (Phi) is 10.5. The molecule has 2 N–H and O–H groups in total. The molecule has 0 spiro atoms. The first kappa shape index (κ1) is 31.2. The van der Waals surface area contributed by atoms with Crippen LogP contribution in [0.15, 0.2) is 60.8 Å². The highest BCUT2D eigenvalue weighted by Gasteiger charge is 2.30. The molecule has 0 aliphatic rings. The summed E-state index contributed by atoms with van der Waals surface area (Å²) in [4.78, 5) is 51.6. The van der Waals surface area contributed by atoms with Crippen molar-refractivity contribution in [2.75, 3.05) is 7.11 Å². The van der Waals surface area contributed by atoms with Gasteiger partial charge in [-0.1, -0.05) is 62.4 Å². The third-order valence-electron chi connectivity index (χ3n) is 6.14. The highest BCUT2D eigenvalue weighted by molar-refractivity contribution is 5.93. The molecule has 41 heavy (non-hydrogen) atoms. The van der Waals surface area contributed by atoms with Crippen molar-refractivity contribution in [3.63, 3.8) is 0 Å². The molecule has 3 rings (SSSR count). The van der Waals surface area contributed by atoms with Crippen LogP contribution < -0.4 is 10.6 Å². The van der Waals surface area contributed by atoms with Gasteiger partial charge in [-0.05, 0) is 50.3 Å². The molecule has 0 aliphatic heterocycles. The van der Waals surface area contributed by atoms with E-state index in [2.05, 4.69) is 10.6 Å². The number of hydrogen-bond acceptors (Lipinski definition) is 7. The summed E-state index contributed by atoms with van der Waals surface area (Å²) in [5.74, 6) is -1.16. The number of para-hydroxylation sites is 1. The molecule has 10 nitrogen and oxygen atoms in total. The fourth-order valence-corrected chi connectivity index (χ4v) is 4.31. The van der Waals surface area contributed by atoms with Crippen LogP contribution in [-0.2, 0) is 36.8 Å². The predicted octanol–water partition coefficient (Wildman–Crippen LogP) is 4.97. The molecular formula is C31H39N3O7. The van der Waals surface area contributed by atoms with Crippen molar-refractivity contribution in [1.82, 2.24) is 15.2 Å². The van der Waals surface area contributed by atoms with Gasteiger partial charge in [0, 0.05) is 18.0 Å². The van der Waals surface area contributed by atoms with Gasteiger partial charge in [0.2, 0.25) is 5.91 Å². The molecule has 1 aromatic heterocycles. The fraction of sp³-hybridized carbons (Fsp3) is 0.419. The third-order valence-corrected chi connectivity index (χ3v) is 6.14. The molecule has 0 saturated heterocycles. The monoisotopic (exact) mass is 565 g/mol. The van der Waals surface area contributed by atoms with E-state index < -0.39 is 41.7 Å². The van der Waals surface area contributed by atoms with E-state index in [1.807, 2.05) is 56.3 Å². The van der Waals surface area contributed by atoms with Gasteiger partial charge >= 0.3 is 18.2 Å². The van der Waals surface area contributed by atoms with Gasteiger partial charge in [-0.3, -0.25) is 9.36 Å². The average Bonchev–Trinajstić information content (AvgIpc) is 3.28. The second kappa shape index (κ2) is 13.8. The van der Waals surface area contributed by atoms with E-state index in [0.717, 1.165) is 10.9 Å². The van der Waals surface area contributed by atoms with Crippen molar-refractivity contribution < 1.29 is 33.4 Å². The van der Waals surface area contributed by atoms with Gasteiger partial charge in [0.15, 0.2) is 0 Å². The molecule has 3 aromatic rings. The Morgan fingerprint density at radius 2 is 1.56 bits per heavy atom. The average molecular weight is 566 g/mol. The summed E-state index contributed by atoms with van der Waals surface area (Å²) >= 11 is 0. The van der Waals surface area contributed by atoms with Gasteiger partial charge < -0.3 is 24.8 Å². The summed E-state index contributed by atoms with van der Waals surface area (Å²) in [5.41, 5.74) is 1.35. The molecule has 10 heteroatoms. The van der Waals surface area contributed by atoms with Gasteiger partial charge in [0.1, 0.15) is 24.3 Å². The van der Waals surface area contributed by atoms with E-state index in [9.17, 15) is 19.2 Å². The third kappa shape index (κ3) is 9.09. The summed E-state index contributed by atoms with van der Waals surface area (Å²) in [6, 6.07) is 14.4. The number of aromatic nitrogens is 1. The smallest absolute Gasteiger partial charge is 0.419 e. The fourth-order valence-electron chi connectivity index (χ4n) is 4.31. The van der Waals surface area contributed by atoms with E-state index in [1.165, 1.54) is 11.7 Å². The minimum atomic E-state index is -1.08. The van der Waals surface area contributed by atoms with Crippen molar-refractivity contribution in [1.29, 1.82) is 0 Å². The molecule has 1 heterocycles. The number of ether oxygens (including phenoxy) is 3. The van der Waals surface area contributed by atoms with E-state index >= 15 is 0 Å². The van der Waals surface area contributed by atoms with Crippen LogP contribution in [0, 0.1) is 5.92 Å². The van der Waals surface area contributed by atoms with Gasteiger partial charge in [-0.2, -0.15) is 0 Å². The summed E-state index contributed by atoms with van der Waals surface area (Å²) < 4.78 is 17.2. The van der Waals surface area contributed by atoms with Crippen LogP contribution in [0.25, 0.3) is 10.9 Å². The Labute approximate surface area is 240 Å². The van der Waals surface area contributed by atoms with E-state index in [0.29, 0.717) is 17.5 Å². The SMILES string of the molecule is COC(=O)C(Cc1cn(C(=O)OC(C)(C)C)c2ccccc12)NC(=O)[C@@H](CC(C)C)NC(=O)OCc1ccccc1. The Morgan fingerprint density at radius 3 is 2.20 bits per heavy atom. The number of carbonyl (C=O) groups excluding carboxylic acids is 4. The number of nitrogens with one attached hydrogen (secondary N) is 2. The molecule has 0 bridgehead atoms. The lowest BCUT2D eigenvalue weighted by Gasteiger charge is -2.23. The molecule has 220 valence electrons. The molecule has 0 radical (unpaired) electrons. The number of esters is 1. The summed E-state index contributed by atoms with van der Waals surface area (Å²) in [6.45, 7) is 9.22. The highest BCUT2D eigenvalue weighted by Crippen LogP contribution is 2.24. The molecule has 1 unspecified atom stereocenters. The number of alkyl carbamates (subject to hydrolysis) is 1. The number of hydrogen-bond donors (Lipinski definition) is 2.